The zero-order chi connectivity index (χ0) is 13.2. The molecule has 18 heavy (non-hydrogen) atoms. The third kappa shape index (κ3) is 3.14. The van der Waals surface area contributed by atoms with Crippen molar-refractivity contribution in [1.82, 2.24) is 5.32 Å². The molecule has 2 rings (SSSR count). The van der Waals surface area contributed by atoms with Crippen LogP contribution in [0, 0.1) is 0 Å². The predicted molar refractivity (Wildman–Crippen MR) is 71.7 cm³/mol. The van der Waals surface area contributed by atoms with E-state index >= 15 is 0 Å². The number of hydrogen-bond acceptors (Lipinski definition) is 4. The Morgan fingerprint density at radius 3 is 2.39 bits per heavy atom. The van der Waals surface area contributed by atoms with Crippen LogP contribution in [0.2, 0.25) is 0 Å². The minimum Gasteiger partial charge on any atom is -0.495 e. The third-order valence-corrected chi connectivity index (χ3v) is 3.55. The van der Waals surface area contributed by atoms with Crippen LogP contribution in [-0.4, -0.2) is 34.9 Å². The zero-order valence-electron chi connectivity index (χ0n) is 10.6. The van der Waals surface area contributed by atoms with E-state index in [4.69, 9.17) is 4.74 Å². The Balaban J connectivity index is 2.43. The molecule has 1 aliphatic rings. The van der Waals surface area contributed by atoms with Crippen LogP contribution in [0.4, 0.5) is 5.69 Å². The van der Waals surface area contributed by atoms with Crippen LogP contribution in [0.15, 0.2) is 12.1 Å². The maximum Gasteiger partial charge on any atom is 0.229 e. The van der Waals surface area contributed by atoms with E-state index in [-0.39, 0.29) is 0 Å². The Labute approximate surface area is 108 Å². The lowest BCUT2D eigenvalue weighted by atomic mass is 10.0. The van der Waals surface area contributed by atoms with Gasteiger partial charge in [-0.25, -0.2) is 8.42 Å². The molecule has 1 aromatic carbocycles. The maximum atomic E-state index is 11.3. The molecule has 0 saturated carbocycles. The molecule has 0 fully saturated rings. The van der Waals surface area contributed by atoms with Crippen molar-refractivity contribution in [3.05, 3.63) is 23.3 Å². The number of benzene rings is 1. The van der Waals surface area contributed by atoms with Gasteiger partial charge < -0.3 is 10.1 Å². The molecule has 1 heterocycles. The van der Waals surface area contributed by atoms with Gasteiger partial charge in [-0.1, -0.05) is 0 Å². The first kappa shape index (κ1) is 13.2. The standard InChI is InChI=1S/C12H18N2O3S/c1-17-12-8-10-4-6-13-5-3-9(10)7-11(12)14-18(2,15)16/h7-8,13-14H,3-6H2,1-2H3. The molecule has 1 aliphatic heterocycles. The van der Waals surface area contributed by atoms with Crippen LogP contribution in [0.1, 0.15) is 11.1 Å². The van der Waals surface area contributed by atoms with Crippen LogP contribution in [0.3, 0.4) is 0 Å². The summed E-state index contributed by atoms with van der Waals surface area (Å²) in [5.41, 5.74) is 2.91. The molecule has 2 N–H and O–H groups in total. The van der Waals surface area contributed by atoms with Crippen molar-refractivity contribution in [2.75, 3.05) is 31.2 Å². The first-order chi connectivity index (χ1) is 8.49. The van der Waals surface area contributed by atoms with Crippen LogP contribution in [0.25, 0.3) is 0 Å². The quantitative estimate of drug-likeness (QED) is 0.851. The fourth-order valence-electron chi connectivity index (χ4n) is 2.15. The highest BCUT2D eigenvalue weighted by Crippen LogP contribution is 2.30. The van der Waals surface area contributed by atoms with Gasteiger partial charge in [0.15, 0.2) is 0 Å². The Bertz CT molecular complexity index is 540. The molecule has 0 aromatic heterocycles. The molecule has 100 valence electrons. The average molecular weight is 270 g/mol. The van der Waals surface area contributed by atoms with E-state index in [1.807, 2.05) is 12.1 Å². The van der Waals surface area contributed by atoms with E-state index in [2.05, 4.69) is 10.0 Å². The van der Waals surface area contributed by atoms with E-state index in [1.54, 1.807) is 7.11 Å². The number of anilines is 1. The number of fused-ring (bicyclic) bond motifs is 1. The van der Waals surface area contributed by atoms with E-state index < -0.39 is 10.0 Å². The zero-order valence-corrected chi connectivity index (χ0v) is 11.4. The number of sulfonamides is 1. The molecular weight excluding hydrogens is 252 g/mol. The normalized spacial score (nSPS) is 15.7. The second kappa shape index (κ2) is 5.16. The van der Waals surface area contributed by atoms with Crippen molar-refractivity contribution in [2.45, 2.75) is 12.8 Å². The minimum atomic E-state index is -3.29. The van der Waals surface area contributed by atoms with Gasteiger partial charge in [0.25, 0.3) is 0 Å². The molecule has 0 unspecified atom stereocenters. The van der Waals surface area contributed by atoms with E-state index in [9.17, 15) is 8.42 Å². The van der Waals surface area contributed by atoms with Crippen molar-refractivity contribution in [1.29, 1.82) is 0 Å². The van der Waals surface area contributed by atoms with Gasteiger partial charge in [0.05, 0.1) is 19.1 Å². The molecule has 5 nitrogen and oxygen atoms in total. The van der Waals surface area contributed by atoms with E-state index in [0.29, 0.717) is 11.4 Å². The Morgan fingerprint density at radius 2 is 1.83 bits per heavy atom. The lowest BCUT2D eigenvalue weighted by Gasteiger charge is -2.14. The molecule has 0 radical (unpaired) electrons. The van der Waals surface area contributed by atoms with Crippen molar-refractivity contribution in [3.8, 4) is 5.75 Å². The summed E-state index contributed by atoms with van der Waals surface area (Å²) < 4.78 is 30.4. The second-order valence-corrected chi connectivity index (χ2v) is 6.19. The third-order valence-electron chi connectivity index (χ3n) is 2.96. The molecular formula is C12H18N2O3S. The minimum absolute atomic E-state index is 0.514. The summed E-state index contributed by atoms with van der Waals surface area (Å²) in [6.07, 6.45) is 2.97. The largest absolute Gasteiger partial charge is 0.495 e. The second-order valence-electron chi connectivity index (χ2n) is 4.45. The highest BCUT2D eigenvalue weighted by atomic mass is 32.2. The van der Waals surface area contributed by atoms with Gasteiger partial charge in [-0.15, -0.1) is 0 Å². The monoisotopic (exact) mass is 270 g/mol. The first-order valence-corrected chi connectivity index (χ1v) is 7.77. The Morgan fingerprint density at radius 1 is 1.22 bits per heavy atom. The summed E-state index contributed by atoms with van der Waals surface area (Å²) in [5, 5.41) is 3.32. The topological polar surface area (TPSA) is 67.4 Å². The van der Waals surface area contributed by atoms with Gasteiger partial charge in [0, 0.05) is 0 Å². The summed E-state index contributed by atoms with van der Waals surface area (Å²) >= 11 is 0. The lowest BCUT2D eigenvalue weighted by Crippen LogP contribution is -2.16. The summed E-state index contributed by atoms with van der Waals surface area (Å²) in [6.45, 7) is 1.85. The van der Waals surface area contributed by atoms with Crippen LogP contribution < -0.4 is 14.8 Å². The fraction of sp³-hybridized carbons (Fsp3) is 0.500. The Kier molecular flexibility index (Phi) is 3.77. The average Bonchev–Trinajstić information content (AvgIpc) is 2.50. The van der Waals surface area contributed by atoms with Crippen LogP contribution >= 0.6 is 0 Å². The van der Waals surface area contributed by atoms with Crippen molar-refractivity contribution in [2.24, 2.45) is 0 Å². The van der Waals surface area contributed by atoms with Gasteiger partial charge in [0.1, 0.15) is 5.75 Å². The van der Waals surface area contributed by atoms with Gasteiger partial charge in [0.2, 0.25) is 10.0 Å². The van der Waals surface area contributed by atoms with Crippen molar-refractivity contribution < 1.29 is 13.2 Å². The van der Waals surface area contributed by atoms with E-state index in [1.165, 1.54) is 11.1 Å². The molecule has 0 bridgehead atoms. The smallest absolute Gasteiger partial charge is 0.229 e. The van der Waals surface area contributed by atoms with Crippen LogP contribution in [0.5, 0.6) is 5.75 Å². The number of hydrogen-bond donors (Lipinski definition) is 2. The van der Waals surface area contributed by atoms with Crippen molar-refractivity contribution in [3.63, 3.8) is 0 Å². The highest BCUT2D eigenvalue weighted by molar-refractivity contribution is 7.92. The summed E-state index contributed by atoms with van der Waals surface area (Å²) in [7, 11) is -1.75. The first-order valence-electron chi connectivity index (χ1n) is 5.88. The molecule has 0 amide bonds. The van der Waals surface area contributed by atoms with Gasteiger partial charge in [-0.05, 0) is 49.2 Å². The molecule has 0 spiro atoms. The van der Waals surface area contributed by atoms with Gasteiger partial charge in [-0.3, -0.25) is 4.72 Å². The summed E-state index contributed by atoms with van der Waals surface area (Å²) in [4.78, 5) is 0. The number of methoxy groups -OCH3 is 1. The molecule has 6 heteroatoms. The van der Waals surface area contributed by atoms with Gasteiger partial charge in [-0.2, -0.15) is 0 Å². The number of rotatable bonds is 3. The molecule has 0 atom stereocenters. The highest BCUT2D eigenvalue weighted by Gasteiger charge is 2.14. The van der Waals surface area contributed by atoms with Gasteiger partial charge >= 0.3 is 0 Å². The molecule has 0 saturated heterocycles. The van der Waals surface area contributed by atoms with E-state index in [0.717, 1.165) is 32.2 Å². The fourth-order valence-corrected chi connectivity index (χ4v) is 2.71. The number of nitrogens with one attached hydrogen (secondary N) is 2. The van der Waals surface area contributed by atoms with Crippen LogP contribution in [-0.2, 0) is 22.9 Å². The summed E-state index contributed by atoms with van der Waals surface area (Å²) in [5.74, 6) is 0.570. The lowest BCUT2D eigenvalue weighted by molar-refractivity contribution is 0.416. The SMILES string of the molecule is COc1cc2c(cc1NS(C)(=O)=O)CCNCC2. The summed E-state index contributed by atoms with van der Waals surface area (Å²) in [6, 6.07) is 3.80. The molecule has 1 aromatic rings. The Hall–Kier alpha value is -1.27. The maximum absolute atomic E-state index is 11.3. The predicted octanol–water partition coefficient (Wildman–Crippen LogP) is 0.755. The van der Waals surface area contributed by atoms with Crippen molar-refractivity contribution >= 4 is 15.7 Å². The number of ether oxygens (including phenoxy) is 1. The molecule has 0 aliphatic carbocycles.